The van der Waals surface area contributed by atoms with Crippen LogP contribution in [0.25, 0.3) is 0 Å². The molecule has 0 aromatic carbocycles. The molecule has 0 bridgehead atoms. The Kier molecular flexibility index (Phi) is 6.52. The number of amides is 1. The standard InChI is InChI=1S/C7H13BrN2O3/c8-4-6(11)10-3-1-2-5(9)7(12)13/h5H,1-4,9H2,(H,10,11)(H,12,13)/t5-/m0/s1. The summed E-state index contributed by atoms with van der Waals surface area (Å²) in [5, 5.41) is 11.3. The highest BCUT2D eigenvalue weighted by molar-refractivity contribution is 9.09. The first-order chi connectivity index (χ1) is 6.07. The van der Waals surface area contributed by atoms with Gasteiger partial charge in [0, 0.05) is 6.54 Å². The molecular formula is C7H13BrN2O3. The van der Waals surface area contributed by atoms with Gasteiger partial charge in [-0.3, -0.25) is 9.59 Å². The Bertz CT molecular complexity index is 187. The highest BCUT2D eigenvalue weighted by atomic mass is 79.9. The van der Waals surface area contributed by atoms with Crippen molar-refractivity contribution in [1.29, 1.82) is 0 Å². The molecule has 0 aromatic rings. The zero-order valence-electron chi connectivity index (χ0n) is 7.12. The number of hydrogen-bond acceptors (Lipinski definition) is 3. The van der Waals surface area contributed by atoms with Crippen molar-refractivity contribution in [3.05, 3.63) is 0 Å². The van der Waals surface area contributed by atoms with Crippen LogP contribution < -0.4 is 11.1 Å². The zero-order valence-corrected chi connectivity index (χ0v) is 8.71. The minimum atomic E-state index is -1.01. The van der Waals surface area contributed by atoms with Crippen LogP contribution in [0, 0.1) is 0 Å². The Morgan fingerprint density at radius 3 is 2.62 bits per heavy atom. The maximum Gasteiger partial charge on any atom is 0.320 e. The number of nitrogens with one attached hydrogen (secondary N) is 1. The molecule has 4 N–H and O–H groups in total. The summed E-state index contributed by atoms with van der Waals surface area (Å²) in [5.74, 6) is -1.12. The molecule has 76 valence electrons. The van der Waals surface area contributed by atoms with Crippen molar-refractivity contribution >= 4 is 27.8 Å². The number of carbonyl (C=O) groups excluding carboxylic acids is 1. The summed E-state index contributed by atoms with van der Waals surface area (Å²) in [4.78, 5) is 20.9. The quantitative estimate of drug-likeness (QED) is 0.447. The molecule has 0 aliphatic rings. The van der Waals surface area contributed by atoms with Crippen LogP contribution in [0.1, 0.15) is 12.8 Å². The van der Waals surface area contributed by atoms with E-state index < -0.39 is 12.0 Å². The third-order valence-corrected chi connectivity index (χ3v) is 1.96. The molecule has 0 aromatic heterocycles. The lowest BCUT2D eigenvalue weighted by Gasteiger charge is -2.06. The van der Waals surface area contributed by atoms with Gasteiger partial charge in [-0.15, -0.1) is 0 Å². The van der Waals surface area contributed by atoms with Gasteiger partial charge in [-0.2, -0.15) is 0 Å². The second-order valence-corrected chi connectivity index (χ2v) is 3.13. The molecule has 0 radical (unpaired) electrons. The average molecular weight is 253 g/mol. The van der Waals surface area contributed by atoms with Crippen LogP contribution in [0.5, 0.6) is 0 Å². The van der Waals surface area contributed by atoms with Crippen molar-refractivity contribution in [3.63, 3.8) is 0 Å². The molecule has 13 heavy (non-hydrogen) atoms. The molecule has 1 atom stereocenters. The first kappa shape index (κ1) is 12.4. The third-order valence-electron chi connectivity index (χ3n) is 1.45. The smallest absolute Gasteiger partial charge is 0.320 e. The monoisotopic (exact) mass is 252 g/mol. The van der Waals surface area contributed by atoms with Gasteiger partial charge in [0.05, 0.1) is 5.33 Å². The number of carbonyl (C=O) groups is 2. The maximum absolute atomic E-state index is 10.7. The van der Waals surface area contributed by atoms with Gasteiger partial charge in [-0.1, -0.05) is 15.9 Å². The minimum absolute atomic E-state index is 0.108. The molecule has 0 spiro atoms. The second kappa shape index (κ2) is 6.85. The fraction of sp³-hybridized carbons (Fsp3) is 0.714. The molecule has 6 heteroatoms. The molecule has 0 aliphatic heterocycles. The predicted octanol–water partition coefficient (Wildman–Crippen LogP) is -0.310. The van der Waals surface area contributed by atoms with Crippen molar-refractivity contribution in [1.82, 2.24) is 5.32 Å². The van der Waals surface area contributed by atoms with E-state index in [1.54, 1.807) is 0 Å². The number of aliphatic carboxylic acids is 1. The first-order valence-electron chi connectivity index (χ1n) is 3.89. The number of carboxylic acid groups (broad SMARTS) is 1. The largest absolute Gasteiger partial charge is 0.480 e. The number of alkyl halides is 1. The van der Waals surface area contributed by atoms with Gasteiger partial charge >= 0.3 is 5.97 Å². The van der Waals surface area contributed by atoms with Crippen molar-refractivity contribution < 1.29 is 14.7 Å². The Labute approximate surface area is 84.8 Å². The molecular weight excluding hydrogens is 240 g/mol. The van der Waals surface area contributed by atoms with Gasteiger partial charge in [-0.25, -0.2) is 0 Å². The van der Waals surface area contributed by atoms with E-state index in [1.807, 2.05) is 0 Å². The summed E-state index contributed by atoms with van der Waals surface area (Å²) < 4.78 is 0. The summed E-state index contributed by atoms with van der Waals surface area (Å²) in [6, 6.07) is -0.833. The Morgan fingerprint density at radius 2 is 2.15 bits per heavy atom. The van der Waals surface area contributed by atoms with E-state index >= 15 is 0 Å². The highest BCUT2D eigenvalue weighted by Crippen LogP contribution is 1.93. The number of rotatable bonds is 6. The van der Waals surface area contributed by atoms with Gasteiger partial charge in [0.25, 0.3) is 0 Å². The maximum atomic E-state index is 10.7. The summed E-state index contributed by atoms with van der Waals surface area (Å²) in [6.45, 7) is 0.464. The highest BCUT2D eigenvalue weighted by Gasteiger charge is 2.10. The van der Waals surface area contributed by atoms with Gasteiger partial charge in [0.15, 0.2) is 0 Å². The number of halogens is 1. The van der Waals surface area contributed by atoms with Crippen LogP contribution in [-0.2, 0) is 9.59 Å². The Balaban J connectivity index is 3.35. The molecule has 0 saturated carbocycles. The lowest BCUT2D eigenvalue weighted by Crippen LogP contribution is -2.32. The van der Waals surface area contributed by atoms with Crippen LogP contribution in [0.4, 0.5) is 0 Å². The molecule has 0 saturated heterocycles. The molecule has 1 amide bonds. The van der Waals surface area contributed by atoms with E-state index in [2.05, 4.69) is 21.2 Å². The van der Waals surface area contributed by atoms with E-state index in [-0.39, 0.29) is 11.2 Å². The Hall–Kier alpha value is -0.620. The van der Waals surface area contributed by atoms with Crippen LogP contribution in [-0.4, -0.2) is 34.9 Å². The van der Waals surface area contributed by atoms with E-state index in [0.717, 1.165) is 0 Å². The number of carboxylic acids is 1. The lowest BCUT2D eigenvalue weighted by molar-refractivity contribution is -0.138. The summed E-state index contributed by atoms with van der Waals surface area (Å²) >= 11 is 2.99. The van der Waals surface area contributed by atoms with Crippen molar-refractivity contribution in [3.8, 4) is 0 Å². The Morgan fingerprint density at radius 1 is 1.54 bits per heavy atom. The lowest BCUT2D eigenvalue weighted by atomic mass is 10.2. The summed E-state index contributed by atoms with van der Waals surface area (Å²) in [7, 11) is 0. The van der Waals surface area contributed by atoms with Crippen molar-refractivity contribution in [2.75, 3.05) is 11.9 Å². The summed E-state index contributed by atoms with van der Waals surface area (Å²) in [5.41, 5.74) is 5.24. The normalized spacial score (nSPS) is 12.2. The molecule has 0 heterocycles. The number of nitrogens with two attached hydrogens (primary N) is 1. The summed E-state index contributed by atoms with van der Waals surface area (Å²) in [6.07, 6.45) is 0.949. The van der Waals surface area contributed by atoms with Crippen LogP contribution in [0.15, 0.2) is 0 Å². The van der Waals surface area contributed by atoms with Gasteiger partial charge < -0.3 is 16.2 Å². The molecule has 0 rings (SSSR count). The predicted molar refractivity (Wildman–Crippen MR) is 51.6 cm³/mol. The fourth-order valence-electron chi connectivity index (χ4n) is 0.721. The van der Waals surface area contributed by atoms with Crippen LogP contribution in [0.3, 0.4) is 0 Å². The van der Waals surface area contributed by atoms with E-state index in [1.165, 1.54) is 0 Å². The van der Waals surface area contributed by atoms with E-state index in [0.29, 0.717) is 19.4 Å². The van der Waals surface area contributed by atoms with E-state index in [4.69, 9.17) is 10.8 Å². The van der Waals surface area contributed by atoms with Crippen molar-refractivity contribution in [2.45, 2.75) is 18.9 Å². The van der Waals surface area contributed by atoms with Gasteiger partial charge in [-0.05, 0) is 12.8 Å². The minimum Gasteiger partial charge on any atom is -0.480 e. The molecule has 0 fully saturated rings. The average Bonchev–Trinajstić information content (AvgIpc) is 2.11. The molecule has 5 nitrogen and oxygen atoms in total. The van der Waals surface area contributed by atoms with Gasteiger partial charge in [0.1, 0.15) is 6.04 Å². The van der Waals surface area contributed by atoms with Crippen molar-refractivity contribution in [2.24, 2.45) is 5.73 Å². The van der Waals surface area contributed by atoms with E-state index in [9.17, 15) is 9.59 Å². The second-order valence-electron chi connectivity index (χ2n) is 2.57. The number of hydrogen-bond donors (Lipinski definition) is 3. The fourth-order valence-corrected chi connectivity index (χ4v) is 0.919. The molecule has 0 aliphatic carbocycles. The van der Waals surface area contributed by atoms with Gasteiger partial charge in [0.2, 0.25) is 5.91 Å². The van der Waals surface area contributed by atoms with Crippen LogP contribution in [0.2, 0.25) is 0 Å². The molecule has 0 unspecified atom stereocenters. The third kappa shape index (κ3) is 6.53. The zero-order chi connectivity index (χ0) is 10.3. The first-order valence-corrected chi connectivity index (χ1v) is 5.01. The SMILES string of the molecule is N[C@@H](CCCNC(=O)CBr)C(=O)O. The topological polar surface area (TPSA) is 92.4 Å². The van der Waals surface area contributed by atoms with Crippen LogP contribution >= 0.6 is 15.9 Å².